The number of esters is 3. The molecule has 1 N–H and O–H groups in total. The van der Waals surface area contributed by atoms with Gasteiger partial charge in [-0.05, 0) is 33.3 Å². The Balaban J connectivity index is 2.65. The summed E-state index contributed by atoms with van der Waals surface area (Å²) >= 11 is 0. The maximum absolute atomic E-state index is 13.3. The van der Waals surface area contributed by atoms with Crippen molar-refractivity contribution in [2.75, 3.05) is 31.3 Å². The molecule has 0 spiro atoms. The quantitative estimate of drug-likeness (QED) is 0.131. The van der Waals surface area contributed by atoms with Crippen LogP contribution in [0.2, 0.25) is 0 Å². The van der Waals surface area contributed by atoms with Crippen LogP contribution in [0.25, 0.3) is 0 Å². The van der Waals surface area contributed by atoms with Gasteiger partial charge in [0.25, 0.3) is 5.69 Å². The number of ether oxygens (including phenoxy) is 3. The third-order valence-corrected chi connectivity index (χ3v) is 7.43. The molecule has 208 valence electrons. The maximum atomic E-state index is 13.3. The summed E-state index contributed by atoms with van der Waals surface area (Å²) in [4.78, 5) is 53.3. The molecule has 14 heteroatoms. The van der Waals surface area contributed by atoms with Crippen molar-refractivity contribution < 1.29 is 41.9 Å². The molecule has 4 unspecified atom stereocenters. The van der Waals surface area contributed by atoms with Crippen molar-refractivity contribution in [2.24, 2.45) is 16.8 Å². The molecule has 0 aliphatic carbocycles. The second-order valence-corrected chi connectivity index (χ2v) is 10.6. The van der Waals surface area contributed by atoms with E-state index in [1.807, 2.05) is 0 Å². The number of nitro benzene ring substituents is 1. The molecule has 0 saturated heterocycles. The number of hydrogen-bond acceptors (Lipinski definition) is 12. The monoisotopic (exact) mass is 553 g/mol. The molecule has 1 aromatic carbocycles. The van der Waals surface area contributed by atoms with Gasteiger partial charge in [0.05, 0.1) is 48.2 Å². The Morgan fingerprint density at radius 3 is 2.24 bits per heavy atom. The largest absolute Gasteiger partial charge is 0.466 e. The van der Waals surface area contributed by atoms with Gasteiger partial charge in [0.2, 0.25) is 0 Å². The van der Waals surface area contributed by atoms with Crippen molar-refractivity contribution >= 4 is 44.9 Å². The summed E-state index contributed by atoms with van der Waals surface area (Å²) in [6.07, 6.45) is 0. The van der Waals surface area contributed by atoms with Crippen LogP contribution < -0.4 is 0 Å². The number of aliphatic imine (C=N–C) groups is 1. The molecule has 2 rings (SSSR count). The van der Waals surface area contributed by atoms with Gasteiger partial charge in [0.15, 0.2) is 9.84 Å². The normalized spacial score (nSPS) is 21.1. The third kappa shape index (κ3) is 7.43. The van der Waals surface area contributed by atoms with E-state index in [9.17, 15) is 32.9 Å². The lowest BCUT2D eigenvalue weighted by molar-refractivity contribution is -0.385. The zero-order valence-corrected chi connectivity index (χ0v) is 22.4. The van der Waals surface area contributed by atoms with Crippen LogP contribution in [0.15, 0.2) is 29.3 Å². The minimum atomic E-state index is -4.19. The van der Waals surface area contributed by atoms with Gasteiger partial charge < -0.3 is 14.2 Å². The summed E-state index contributed by atoms with van der Waals surface area (Å²) in [5.41, 5.74) is -0.678. The van der Waals surface area contributed by atoms with E-state index in [4.69, 9.17) is 14.9 Å². The molecule has 0 bridgehead atoms. The lowest BCUT2D eigenvalue weighted by Gasteiger charge is -2.38. The molecule has 13 nitrogen and oxygen atoms in total. The first kappa shape index (κ1) is 30.5. The number of nitrogens with one attached hydrogen (secondary N) is 1. The molecule has 0 fully saturated rings. The van der Waals surface area contributed by atoms with Crippen molar-refractivity contribution in [2.45, 2.75) is 39.7 Å². The first-order valence-electron chi connectivity index (χ1n) is 11.9. The summed E-state index contributed by atoms with van der Waals surface area (Å²) in [6, 6.07) is 4.07. The highest BCUT2D eigenvalue weighted by molar-refractivity contribution is 7.92. The topological polar surface area (TPSA) is 192 Å². The Bertz CT molecular complexity index is 1230. The van der Waals surface area contributed by atoms with E-state index >= 15 is 0 Å². The van der Waals surface area contributed by atoms with Crippen molar-refractivity contribution in [3.05, 3.63) is 39.9 Å². The number of hydrogen-bond donors (Lipinski definition) is 1. The minimum absolute atomic E-state index is 0.0160. The van der Waals surface area contributed by atoms with E-state index in [-0.39, 0.29) is 36.8 Å². The molecule has 0 aromatic heterocycles. The van der Waals surface area contributed by atoms with Gasteiger partial charge in [-0.1, -0.05) is 12.1 Å². The van der Waals surface area contributed by atoms with Crippen LogP contribution in [0.3, 0.4) is 0 Å². The molecular weight excluding hydrogens is 522 g/mol. The summed E-state index contributed by atoms with van der Waals surface area (Å²) in [6.45, 7) is 6.04. The van der Waals surface area contributed by atoms with Crippen molar-refractivity contribution in [1.29, 1.82) is 5.41 Å². The Morgan fingerprint density at radius 1 is 1.05 bits per heavy atom. The number of nitrogens with zero attached hydrogens (tertiary/aromatic N) is 2. The van der Waals surface area contributed by atoms with Crippen LogP contribution in [0, 0.1) is 27.4 Å². The van der Waals surface area contributed by atoms with Crippen LogP contribution >= 0.6 is 0 Å². The summed E-state index contributed by atoms with van der Waals surface area (Å²) in [7, 11) is -4.19. The van der Waals surface area contributed by atoms with E-state index in [1.54, 1.807) is 13.8 Å². The fourth-order valence-electron chi connectivity index (χ4n) is 4.42. The Hall–Kier alpha value is -3.68. The van der Waals surface area contributed by atoms with Gasteiger partial charge in [-0.2, -0.15) is 0 Å². The highest BCUT2D eigenvalue weighted by atomic mass is 32.2. The molecule has 1 heterocycles. The highest BCUT2D eigenvalue weighted by Crippen LogP contribution is 2.42. The predicted octanol–water partition coefficient (Wildman–Crippen LogP) is 1.88. The average Bonchev–Trinajstić information content (AvgIpc) is 2.83. The zero-order chi connectivity index (χ0) is 28.6. The fourth-order valence-corrected chi connectivity index (χ4v) is 5.90. The van der Waals surface area contributed by atoms with Crippen LogP contribution in [0.4, 0.5) is 5.69 Å². The standard InChI is InChI=1S/C24H31N3O10S/c1-5-35-22(28)17(25)12-38(33,34)13-18-21(24(30)37-7-3)20(15-9-8-10-16(11-15)27(31)32)19(14(4)26-18)23(29)36-6-2/h8-11,18-21,25H,5-7,12-13H2,1-4H3. The Morgan fingerprint density at radius 2 is 1.66 bits per heavy atom. The first-order chi connectivity index (χ1) is 17.9. The number of sulfone groups is 1. The highest BCUT2D eigenvalue weighted by Gasteiger charge is 2.50. The summed E-state index contributed by atoms with van der Waals surface area (Å²) < 4.78 is 41.1. The van der Waals surface area contributed by atoms with Gasteiger partial charge in [0, 0.05) is 23.8 Å². The van der Waals surface area contributed by atoms with E-state index in [1.165, 1.54) is 38.1 Å². The van der Waals surface area contributed by atoms with E-state index in [0.29, 0.717) is 0 Å². The predicted molar refractivity (Wildman–Crippen MR) is 136 cm³/mol. The van der Waals surface area contributed by atoms with Gasteiger partial charge in [-0.3, -0.25) is 30.1 Å². The SMILES string of the molecule is CCOC(=O)C(=N)CS(=O)(=O)CC1N=C(C)C(C(=O)OCC)C(c2cccc([N+](=O)[O-])c2)C1C(=O)OCC. The van der Waals surface area contributed by atoms with Crippen LogP contribution in [0.5, 0.6) is 0 Å². The molecule has 38 heavy (non-hydrogen) atoms. The van der Waals surface area contributed by atoms with E-state index in [2.05, 4.69) is 9.73 Å². The first-order valence-corrected chi connectivity index (χ1v) is 13.8. The number of non-ortho nitro benzene ring substituents is 1. The van der Waals surface area contributed by atoms with E-state index in [0.717, 1.165) is 0 Å². The molecule has 1 aliphatic heterocycles. The summed E-state index contributed by atoms with van der Waals surface area (Å²) in [5.74, 6) is -7.97. The van der Waals surface area contributed by atoms with Crippen LogP contribution in [0.1, 0.15) is 39.2 Å². The molecule has 4 atom stereocenters. The summed E-state index contributed by atoms with van der Waals surface area (Å²) in [5, 5.41) is 19.2. The number of rotatable bonds is 12. The Kier molecular flexibility index (Phi) is 10.6. The minimum Gasteiger partial charge on any atom is -0.466 e. The number of carbonyl (C=O) groups is 3. The van der Waals surface area contributed by atoms with Gasteiger partial charge in [-0.25, -0.2) is 13.2 Å². The van der Waals surface area contributed by atoms with Crippen LogP contribution in [-0.2, 0) is 38.4 Å². The number of carbonyl (C=O) groups excluding carboxylic acids is 3. The van der Waals surface area contributed by atoms with Crippen molar-refractivity contribution in [3.63, 3.8) is 0 Å². The number of nitro groups is 1. The molecule has 0 amide bonds. The number of benzene rings is 1. The lowest BCUT2D eigenvalue weighted by atomic mass is 9.70. The second kappa shape index (κ2) is 13.2. The van der Waals surface area contributed by atoms with Crippen molar-refractivity contribution in [1.82, 2.24) is 0 Å². The molecule has 0 saturated carbocycles. The molecule has 1 aliphatic rings. The molecular formula is C24H31N3O10S. The zero-order valence-electron chi connectivity index (χ0n) is 21.5. The van der Waals surface area contributed by atoms with Gasteiger partial charge in [0.1, 0.15) is 11.6 Å². The molecule has 0 radical (unpaired) electrons. The van der Waals surface area contributed by atoms with Crippen LogP contribution in [-0.4, -0.2) is 80.0 Å². The average molecular weight is 554 g/mol. The fraction of sp³-hybridized carbons (Fsp3) is 0.542. The molecule has 1 aromatic rings. The third-order valence-electron chi connectivity index (χ3n) is 5.86. The van der Waals surface area contributed by atoms with Crippen molar-refractivity contribution in [3.8, 4) is 0 Å². The smallest absolute Gasteiger partial charge is 0.353 e. The Labute approximate surface area is 220 Å². The van der Waals surface area contributed by atoms with Gasteiger partial charge >= 0.3 is 17.9 Å². The van der Waals surface area contributed by atoms with E-state index < -0.39 is 73.7 Å². The maximum Gasteiger partial charge on any atom is 0.353 e. The van der Waals surface area contributed by atoms with Gasteiger partial charge in [-0.15, -0.1) is 0 Å². The second-order valence-electron chi connectivity index (χ2n) is 8.48. The lowest BCUT2D eigenvalue weighted by Crippen LogP contribution is -2.49.